The second-order valence-electron chi connectivity index (χ2n) is 5.60. The van der Waals surface area contributed by atoms with Gasteiger partial charge in [-0.2, -0.15) is 0 Å². The molecule has 0 unspecified atom stereocenters. The number of esters is 1. The van der Waals surface area contributed by atoms with Gasteiger partial charge in [0.1, 0.15) is 17.2 Å². The first-order valence-corrected chi connectivity index (χ1v) is 8.28. The van der Waals surface area contributed by atoms with E-state index in [-0.39, 0.29) is 23.9 Å². The highest BCUT2D eigenvalue weighted by molar-refractivity contribution is 5.94. The van der Waals surface area contributed by atoms with Crippen molar-refractivity contribution in [3.63, 3.8) is 0 Å². The van der Waals surface area contributed by atoms with Crippen molar-refractivity contribution < 1.29 is 14.3 Å². The SMILES string of the molecule is CCOC(=O)c1cccc(C(=O)N2CCN(c3ccccn3)CC2)n1. The first kappa shape index (κ1) is 16.9. The molecule has 0 radical (unpaired) electrons. The van der Waals surface area contributed by atoms with Gasteiger partial charge in [0, 0.05) is 32.4 Å². The number of hydrogen-bond donors (Lipinski definition) is 0. The first-order chi connectivity index (χ1) is 12.2. The lowest BCUT2D eigenvalue weighted by molar-refractivity contribution is 0.0519. The van der Waals surface area contributed by atoms with Crippen molar-refractivity contribution in [1.29, 1.82) is 0 Å². The van der Waals surface area contributed by atoms with E-state index in [9.17, 15) is 9.59 Å². The number of pyridine rings is 2. The summed E-state index contributed by atoms with van der Waals surface area (Å²) in [4.78, 5) is 36.8. The average molecular weight is 340 g/mol. The van der Waals surface area contributed by atoms with Crippen LogP contribution in [0.3, 0.4) is 0 Å². The summed E-state index contributed by atoms with van der Waals surface area (Å²) in [6.45, 7) is 4.59. The van der Waals surface area contributed by atoms with Crippen LogP contribution in [0.15, 0.2) is 42.6 Å². The quantitative estimate of drug-likeness (QED) is 0.787. The van der Waals surface area contributed by atoms with Gasteiger partial charge in [-0.15, -0.1) is 0 Å². The van der Waals surface area contributed by atoms with Crippen molar-refractivity contribution >= 4 is 17.7 Å². The van der Waals surface area contributed by atoms with E-state index in [4.69, 9.17) is 4.74 Å². The van der Waals surface area contributed by atoms with E-state index in [1.165, 1.54) is 0 Å². The molecule has 3 rings (SSSR count). The highest BCUT2D eigenvalue weighted by atomic mass is 16.5. The van der Waals surface area contributed by atoms with Crippen LogP contribution in [-0.4, -0.2) is 59.5 Å². The first-order valence-electron chi connectivity index (χ1n) is 8.28. The Bertz CT molecular complexity index is 743. The number of carbonyl (C=O) groups excluding carboxylic acids is 2. The Morgan fingerprint density at radius 2 is 1.80 bits per heavy atom. The van der Waals surface area contributed by atoms with Crippen molar-refractivity contribution in [2.45, 2.75) is 6.92 Å². The van der Waals surface area contributed by atoms with Gasteiger partial charge < -0.3 is 14.5 Å². The van der Waals surface area contributed by atoms with E-state index >= 15 is 0 Å². The molecular weight excluding hydrogens is 320 g/mol. The minimum atomic E-state index is -0.517. The lowest BCUT2D eigenvalue weighted by Gasteiger charge is -2.35. The number of hydrogen-bond acceptors (Lipinski definition) is 6. The smallest absolute Gasteiger partial charge is 0.356 e. The number of carbonyl (C=O) groups is 2. The highest BCUT2D eigenvalue weighted by Gasteiger charge is 2.24. The second kappa shape index (κ2) is 7.74. The number of aromatic nitrogens is 2. The standard InChI is InChI=1S/C18H20N4O3/c1-2-25-18(24)15-7-5-6-14(20-15)17(23)22-12-10-21(11-13-22)16-8-3-4-9-19-16/h3-9H,2,10-13H2,1H3. The Morgan fingerprint density at radius 1 is 1.04 bits per heavy atom. The Kier molecular flexibility index (Phi) is 5.23. The minimum absolute atomic E-state index is 0.153. The van der Waals surface area contributed by atoms with Crippen LogP contribution >= 0.6 is 0 Å². The maximum atomic E-state index is 12.7. The Morgan fingerprint density at radius 3 is 2.48 bits per heavy atom. The van der Waals surface area contributed by atoms with Crippen LogP contribution in [-0.2, 0) is 4.74 Å². The molecular formula is C18H20N4O3. The molecule has 0 atom stereocenters. The molecule has 0 bridgehead atoms. The molecule has 1 saturated heterocycles. The minimum Gasteiger partial charge on any atom is -0.461 e. The van der Waals surface area contributed by atoms with Gasteiger partial charge >= 0.3 is 5.97 Å². The Balaban J connectivity index is 1.65. The van der Waals surface area contributed by atoms with E-state index in [1.807, 2.05) is 18.2 Å². The normalized spacial score (nSPS) is 14.3. The maximum absolute atomic E-state index is 12.7. The number of anilines is 1. The molecule has 1 amide bonds. The fraction of sp³-hybridized carbons (Fsp3) is 0.333. The van der Waals surface area contributed by atoms with Crippen LogP contribution in [0.5, 0.6) is 0 Å². The number of amides is 1. The summed E-state index contributed by atoms with van der Waals surface area (Å²) >= 11 is 0. The maximum Gasteiger partial charge on any atom is 0.356 e. The Labute approximate surface area is 146 Å². The molecule has 0 aliphatic carbocycles. The van der Waals surface area contributed by atoms with Gasteiger partial charge in [0.05, 0.1) is 6.61 Å². The van der Waals surface area contributed by atoms with Crippen LogP contribution in [0.25, 0.3) is 0 Å². The van der Waals surface area contributed by atoms with E-state index in [0.29, 0.717) is 26.2 Å². The second-order valence-corrected chi connectivity index (χ2v) is 5.60. The number of piperazine rings is 1. The molecule has 0 spiro atoms. The average Bonchev–Trinajstić information content (AvgIpc) is 2.68. The molecule has 0 saturated carbocycles. The van der Waals surface area contributed by atoms with Crippen molar-refractivity contribution in [3.8, 4) is 0 Å². The van der Waals surface area contributed by atoms with Crippen molar-refractivity contribution in [2.75, 3.05) is 37.7 Å². The van der Waals surface area contributed by atoms with Crippen LogP contribution in [0.4, 0.5) is 5.82 Å². The monoisotopic (exact) mass is 340 g/mol. The molecule has 7 nitrogen and oxygen atoms in total. The van der Waals surface area contributed by atoms with Crippen LogP contribution in [0.1, 0.15) is 27.9 Å². The summed E-state index contributed by atoms with van der Waals surface area (Å²) in [7, 11) is 0. The Hall–Kier alpha value is -2.96. The van der Waals surface area contributed by atoms with E-state index in [1.54, 1.807) is 36.2 Å². The summed E-state index contributed by atoms with van der Waals surface area (Å²) in [6, 6.07) is 10.6. The van der Waals surface area contributed by atoms with Gasteiger partial charge in [-0.25, -0.2) is 14.8 Å². The van der Waals surface area contributed by atoms with Gasteiger partial charge in [-0.3, -0.25) is 4.79 Å². The van der Waals surface area contributed by atoms with Crippen LogP contribution in [0.2, 0.25) is 0 Å². The summed E-state index contributed by atoms with van der Waals surface area (Å²) in [6.07, 6.45) is 1.76. The van der Waals surface area contributed by atoms with Crippen molar-refractivity contribution in [3.05, 3.63) is 54.0 Å². The van der Waals surface area contributed by atoms with E-state index < -0.39 is 5.97 Å². The fourth-order valence-electron chi connectivity index (χ4n) is 2.71. The number of nitrogens with zero attached hydrogens (tertiary/aromatic N) is 4. The van der Waals surface area contributed by atoms with Crippen LogP contribution < -0.4 is 4.90 Å². The molecule has 1 fully saturated rings. The van der Waals surface area contributed by atoms with Gasteiger partial charge in [0.15, 0.2) is 0 Å². The number of rotatable bonds is 4. The zero-order valence-electron chi connectivity index (χ0n) is 14.1. The fourth-order valence-corrected chi connectivity index (χ4v) is 2.71. The summed E-state index contributed by atoms with van der Waals surface area (Å²) < 4.78 is 4.93. The molecule has 130 valence electrons. The predicted molar refractivity (Wildman–Crippen MR) is 92.5 cm³/mol. The summed E-state index contributed by atoms with van der Waals surface area (Å²) in [5.74, 6) is 0.223. The lowest BCUT2D eigenvalue weighted by atomic mass is 10.2. The van der Waals surface area contributed by atoms with Crippen molar-refractivity contribution in [1.82, 2.24) is 14.9 Å². The zero-order valence-corrected chi connectivity index (χ0v) is 14.1. The molecule has 1 aliphatic rings. The van der Waals surface area contributed by atoms with Crippen LogP contribution in [0, 0.1) is 0 Å². The molecule has 0 N–H and O–H groups in total. The van der Waals surface area contributed by atoms with Gasteiger partial charge in [-0.05, 0) is 31.2 Å². The summed E-state index contributed by atoms with van der Waals surface area (Å²) in [5, 5.41) is 0. The summed E-state index contributed by atoms with van der Waals surface area (Å²) in [5.41, 5.74) is 0.414. The molecule has 25 heavy (non-hydrogen) atoms. The van der Waals surface area contributed by atoms with Crippen molar-refractivity contribution in [2.24, 2.45) is 0 Å². The molecule has 3 heterocycles. The third-order valence-corrected chi connectivity index (χ3v) is 3.99. The van der Waals surface area contributed by atoms with Gasteiger partial charge in [0.25, 0.3) is 5.91 Å². The molecule has 2 aromatic rings. The third-order valence-electron chi connectivity index (χ3n) is 3.99. The molecule has 0 aromatic carbocycles. The van der Waals surface area contributed by atoms with E-state index in [2.05, 4.69) is 14.9 Å². The van der Waals surface area contributed by atoms with Gasteiger partial charge in [-0.1, -0.05) is 12.1 Å². The van der Waals surface area contributed by atoms with E-state index in [0.717, 1.165) is 5.82 Å². The lowest BCUT2D eigenvalue weighted by Crippen LogP contribution is -2.49. The highest BCUT2D eigenvalue weighted by Crippen LogP contribution is 2.14. The van der Waals surface area contributed by atoms with Gasteiger partial charge in [0.2, 0.25) is 0 Å². The number of ether oxygens (including phenoxy) is 1. The molecule has 1 aliphatic heterocycles. The largest absolute Gasteiger partial charge is 0.461 e. The third kappa shape index (κ3) is 3.93. The zero-order chi connectivity index (χ0) is 17.6. The molecule has 2 aromatic heterocycles. The molecule has 7 heteroatoms. The predicted octanol–water partition coefficient (Wildman–Crippen LogP) is 1.62. The topological polar surface area (TPSA) is 75.6 Å².